The van der Waals surface area contributed by atoms with E-state index in [4.69, 9.17) is 0 Å². The largest absolute Gasteiger partial charge is 0.251 e. The van der Waals surface area contributed by atoms with E-state index in [9.17, 15) is 4.39 Å². The van der Waals surface area contributed by atoms with Crippen LogP contribution in [0, 0.1) is 5.82 Å². The summed E-state index contributed by atoms with van der Waals surface area (Å²) in [5.41, 5.74) is 2.02. The van der Waals surface area contributed by atoms with Crippen LogP contribution >= 0.6 is 27.7 Å². The molecule has 0 unspecified atom stereocenters. The summed E-state index contributed by atoms with van der Waals surface area (Å²) in [4.78, 5) is 8.78. The van der Waals surface area contributed by atoms with Gasteiger partial charge in [0, 0.05) is 33.4 Å². The molecule has 0 bridgehead atoms. The molecule has 4 nitrogen and oxygen atoms in total. The van der Waals surface area contributed by atoms with E-state index in [1.54, 1.807) is 47.0 Å². The minimum atomic E-state index is -0.294. The van der Waals surface area contributed by atoms with Gasteiger partial charge in [-0.2, -0.15) is 9.78 Å². The molecule has 0 fully saturated rings. The third-order valence-corrected chi connectivity index (χ3v) is 5.00. The molecular weight excluding hydrogens is 403 g/mol. The maximum absolute atomic E-state index is 13.9. The second-order valence-electron chi connectivity index (χ2n) is 5.33. The molecule has 0 aliphatic rings. The Labute approximate surface area is 156 Å². The lowest BCUT2D eigenvalue weighted by molar-refractivity contribution is 0.631. The second-order valence-corrected chi connectivity index (χ2v) is 7.04. The SMILES string of the molecule is CSc1nn(-c2ncc(-c3ccccc3F)cn2)c2cc(Br)ccc12. The molecule has 0 N–H and O–H groups in total. The lowest BCUT2D eigenvalue weighted by Crippen LogP contribution is -2.03. The van der Waals surface area contributed by atoms with Crippen molar-refractivity contribution in [3.8, 4) is 17.1 Å². The quantitative estimate of drug-likeness (QED) is 0.437. The first-order valence-electron chi connectivity index (χ1n) is 7.47. The molecule has 0 saturated heterocycles. The smallest absolute Gasteiger partial charge is 0.219 e. The molecule has 124 valence electrons. The molecule has 0 aliphatic carbocycles. The zero-order valence-corrected chi connectivity index (χ0v) is 15.6. The summed E-state index contributed by atoms with van der Waals surface area (Å²) < 4.78 is 16.6. The molecule has 0 aliphatic heterocycles. The van der Waals surface area contributed by atoms with Crippen LogP contribution in [0.25, 0.3) is 28.0 Å². The maximum atomic E-state index is 13.9. The van der Waals surface area contributed by atoms with Crippen molar-refractivity contribution in [1.29, 1.82) is 0 Å². The van der Waals surface area contributed by atoms with Crippen LogP contribution in [0.3, 0.4) is 0 Å². The summed E-state index contributed by atoms with van der Waals surface area (Å²) >= 11 is 5.06. The van der Waals surface area contributed by atoms with Crippen molar-refractivity contribution < 1.29 is 4.39 Å². The van der Waals surface area contributed by atoms with Gasteiger partial charge in [0.15, 0.2) is 0 Å². The molecule has 2 heterocycles. The highest BCUT2D eigenvalue weighted by atomic mass is 79.9. The fraction of sp³-hybridized carbons (Fsp3) is 0.0556. The van der Waals surface area contributed by atoms with E-state index < -0.39 is 0 Å². The molecule has 25 heavy (non-hydrogen) atoms. The number of fused-ring (bicyclic) bond motifs is 1. The molecule has 2 aromatic carbocycles. The van der Waals surface area contributed by atoms with Gasteiger partial charge in [-0.25, -0.2) is 14.4 Å². The number of aromatic nitrogens is 4. The Morgan fingerprint density at radius 2 is 1.84 bits per heavy atom. The van der Waals surface area contributed by atoms with E-state index in [2.05, 4.69) is 31.0 Å². The van der Waals surface area contributed by atoms with Crippen LogP contribution in [0.2, 0.25) is 0 Å². The van der Waals surface area contributed by atoms with Gasteiger partial charge in [-0.05, 0) is 30.5 Å². The third-order valence-electron chi connectivity index (χ3n) is 3.82. The van der Waals surface area contributed by atoms with E-state index in [-0.39, 0.29) is 5.82 Å². The number of benzene rings is 2. The number of thioether (sulfide) groups is 1. The van der Waals surface area contributed by atoms with E-state index in [0.29, 0.717) is 17.1 Å². The van der Waals surface area contributed by atoms with Crippen molar-refractivity contribution in [3.05, 3.63) is 65.1 Å². The minimum absolute atomic E-state index is 0.294. The van der Waals surface area contributed by atoms with Crippen molar-refractivity contribution >= 4 is 38.6 Å². The Bertz CT molecular complexity index is 1060. The van der Waals surface area contributed by atoms with Gasteiger partial charge in [0.2, 0.25) is 0 Å². The van der Waals surface area contributed by atoms with Crippen molar-refractivity contribution in [1.82, 2.24) is 19.7 Å². The zero-order valence-electron chi connectivity index (χ0n) is 13.1. The Morgan fingerprint density at radius 1 is 1.08 bits per heavy atom. The molecule has 0 amide bonds. The molecule has 2 aromatic heterocycles. The molecule has 7 heteroatoms. The lowest BCUT2D eigenvalue weighted by atomic mass is 10.1. The highest BCUT2D eigenvalue weighted by Gasteiger charge is 2.14. The van der Waals surface area contributed by atoms with E-state index in [0.717, 1.165) is 20.4 Å². The van der Waals surface area contributed by atoms with Gasteiger partial charge in [0.25, 0.3) is 5.95 Å². The summed E-state index contributed by atoms with van der Waals surface area (Å²) in [5, 5.41) is 6.54. The predicted molar refractivity (Wildman–Crippen MR) is 102 cm³/mol. The minimum Gasteiger partial charge on any atom is -0.219 e. The van der Waals surface area contributed by atoms with Crippen LogP contribution in [-0.2, 0) is 0 Å². The summed E-state index contributed by atoms with van der Waals surface area (Å²) in [5.74, 6) is 0.153. The predicted octanol–water partition coefficient (Wildman–Crippen LogP) is 5.11. The zero-order chi connectivity index (χ0) is 17.4. The molecular formula is C18H12BrFN4S. The normalized spacial score (nSPS) is 11.2. The van der Waals surface area contributed by atoms with E-state index >= 15 is 0 Å². The molecule has 4 aromatic rings. The fourth-order valence-electron chi connectivity index (χ4n) is 2.63. The topological polar surface area (TPSA) is 43.6 Å². The van der Waals surface area contributed by atoms with Crippen LogP contribution in [0.1, 0.15) is 0 Å². The lowest BCUT2D eigenvalue weighted by Gasteiger charge is -2.05. The number of rotatable bonds is 3. The van der Waals surface area contributed by atoms with E-state index in [1.165, 1.54) is 6.07 Å². The summed E-state index contributed by atoms with van der Waals surface area (Å²) in [6, 6.07) is 12.6. The van der Waals surface area contributed by atoms with Crippen molar-refractivity contribution in [2.45, 2.75) is 5.03 Å². The van der Waals surface area contributed by atoms with Gasteiger partial charge in [-0.3, -0.25) is 0 Å². The maximum Gasteiger partial charge on any atom is 0.251 e. The average molecular weight is 415 g/mol. The Hall–Kier alpha value is -2.25. The second kappa shape index (κ2) is 6.57. The highest BCUT2D eigenvalue weighted by Crippen LogP contribution is 2.29. The van der Waals surface area contributed by atoms with Crippen molar-refractivity contribution in [2.24, 2.45) is 0 Å². The van der Waals surface area contributed by atoms with Gasteiger partial charge in [0.1, 0.15) is 10.8 Å². The van der Waals surface area contributed by atoms with Crippen LogP contribution in [0.15, 0.2) is 64.4 Å². The summed E-state index contributed by atoms with van der Waals surface area (Å²) in [6.07, 6.45) is 5.21. The molecule has 0 saturated carbocycles. The number of nitrogens with zero attached hydrogens (tertiary/aromatic N) is 4. The molecule has 0 atom stereocenters. The van der Waals surface area contributed by atoms with Crippen LogP contribution in [0.5, 0.6) is 0 Å². The Balaban J connectivity index is 1.82. The van der Waals surface area contributed by atoms with Gasteiger partial charge in [-0.1, -0.05) is 34.1 Å². The van der Waals surface area contributed by atoms with Crippen molar-refractivity contribution in [2.75, 3.05) is 6.26 Å². The van der Waals surface area contributed by atoms with Crippen LogP contribution < -0.4 is 0 Å². The Kier molecular flexibility index (Phi) is 4.27. The average Bonchev–Trinajstić information content (AvgIpc) is 3.00. The fourth-order valence-corrected chi connectivity index (χ4v) is 3.53. The summed E-state index contributed by atoms with van der Waals surface area (Å²) in [6.45, 7) is 0. The number of halogens is 2. The first-order chi connectivity index (χ1) is 12.2. The van der Waals surface area contributed by atoms with Gasteiger partial charge in [0.05, 0.1) is 5.52 Å². The van der Waals surface area contributed by atoms with Gasteiger partial charge >= 0.3 is 0 Å². The number of hydrogen-bond acceptors (Lipinski definition) is 4. The van der Waals surface area contributed by atoms with E-state index in [1.807, 2.05) is 24.5 Å². The monoisotopic (exact) mass is 414 g/mol. The van der Waals surface area contributed by atoms with Crippen LogP contribution in [0.4, 0.5) is 4.39 Å². The molecule has 0 spiro atoms. The summed E-state index contributed by atoms with van der Waals surface area (Å²) in [7, 11) is 0. The molecule has 0 radical (unpaired) electrons. The number of hydrogen-bond donors (Lipinski definition) is 0. The highest BCUT2D eigenvalue weighted by molar-refractivity contribution is 9.10. The third kappa shape index (κ3) is 2.94. The standard InChI is InChI=1S/C18H12BrFN4S/c1-25-17-14-7-6-12(19)8-16(14)24(23-17)18-21-9-11(10-22-18)13-4-2-3-5-15(13)20/h2-10H,1H3. The Morgan fingerprint density at radius 3 is 2.56 bits per heavy atom. The van der Waals surface area contributed by atoms with Gasteiger partial charge in [-0.15, -0.1) is 11.8 Å². The van der Waals surface area contributed by atoms with Gasteiger partial charge < -0.3 is 0 Å². The van der Waals surface area contributed by atoms with Crippen LogP contribution in [-0.4, -0.2) is 26.0 Å². The first-order valence-corrected chi connectivity index (χ1v) is 9.49. The molecule has 4 rings (SSSR count). The first kappa shape index (κ1) is 16.2. The van der Waals surface area contributed by atoms with Crippen molar-refractivity contribution in [3.63, 3.8) is 0 Å².